The van der Waals surface area contributed by atoms with E-state index in [4.69, 9.17) is 4.74 Å². The Balaban J connectivity index is 2.02. The zero-order valence-electron chi connectivity index (χ0n) is 14.5. The second kappa shape index (κ2) is 7.23. The molecule has 1 aromatic carbocycles. The summed E-state index contributed by atoms with van der Waals surface area (Å²) in [6, 6.07) is 10.0. The summed E-state index contributed by atoms with van der Waals surface area (Å²) in [5.41, 5.74) is 2.60. The van der Waals surface area contributed by atoms with Gasteiger partial charge in [-0.3, -0.25) is 9.78 Å². The van der Waals surface area contributed by atoms with E-state index in [9.17, 15) is 14.7 Å². The fraction of sp³-hybridized carbons (Fsp3) is 0.150. The maximum atomic E-state index is 13.0. The number of rotatable bonds is 4. The van der Waals surface area contributed by atoms with Crippen LogP contribution in [0, 0.1) is 0 Å². The number of pyridine rings is 1. The molecule has 1 aliphatic heterocycles. The first-order valence-electron chi connectivity index (χ1n) is 8.02. The molecule has 132 valence electrons. The molecule has 0 radical (unpaired) electrons. The normalized spacial score (nSPS) is 15.7. The van der Waals surface area contributed by atoms with Gasteiger partial charge in [0.25, 0.3) is 5.91 Å². The molecule has 3 rings (SSSR count). The third-order valence-electron chi connectivity index (χ3n) is 4.17. The van der Waals surface area contributed by atoms with Gasteiger partial charge >= 0.3 is 5.97 Å². The molecule has 0 aliphatic carbocycles. The Morgan fingerprint density at radius 1 is 1.27 bits per heavy atom. The van der Waals surface area contributed by atoms with Crippen molar-refractivity contribution in [3.05, 3.63) is 76.8 Å². The van der Waals surface area contributed by atoms with Gasteiger partial charge in [0.1, 0.15) is 5.75 Å². The Morgan fingerprint density at radius 2 is 2.00 bits per heavy atom. The lowest BCUT2D eigenvalue weighted by molar-refractivity contribution is -0.136. The summed E-state index contributed by atoms with van der Waals surface area (Å²) in [7, 11) is 1.29. The van der Waals surface area contributed by atoms with E-state index in [1.807, 2.05) is 6.07 Å². The van der Waals surface area contributed by atoms with Crippen LogP contribution in [0.1, 0.15) is 18.1 Å². The summed E-state index contributed by atoms with van der Waals surface area (Å²) < 4.78 is 4.87. The summed E-state index contributed by atoms with van der Waals surface area (Å²) in [4.78, 5) is 30.8. The Labute approximate surface area is 151 Å². The highest BCUT2D eigenvalue weighted by Crippen LogP contribution is 2.32. The third kappa shape index (κ3) is 3.35. The smallest absolute Gasteiger partial charge is 0.340 e. The zero-order valence-corrected chi connectivity index (χ0v) is 14.5. The van der Waals surface area contributed by atoms with Crippen molar-refractivity contribution in [3.8, 4) is 5.75 Å². The van der Waals surface area contributed by atoms with E-state index in [1.54, 1.807) is 43.6 Å². The number of amides is 1. The lowest BCUT2D eigenvalue weighted by atomic mass is 10.0. The Hall–Kier alpha value is -3.41. The minimum Gasteiger partial charge on any atom is -0.508 e. The molecule has 2 heterocycles. The molecule has 0 bridgehead atoms. The number of nitrogens with zero attached hydrogens (tertiary/aromatic N) is 2. The molecule has 6 nitrogen and oxygen atoms in total. The number of aromatic hydroxyl groups is 1. The van der Waals surface area contributed by atoms with Crippen LogP contribution >= 0.6 is 0 Å². The van der Waals surface area contributed by atoms with Crippen LogP contribution in [0.15, 0.2) is 65.6 Å². The van der Waals surface area contributed by atoms with E-state index in [2.05, 4.69) is 4.98 Å². The topological polar surface area (TPSA) is 79.7 Å². The van der Waals surface area contributed by atoms with Crippen molar-refractivity contribution < 1.29 is 19.4 Å². The van der Waals surface area contributed by atoms with Gasteiger partial charge in [0.15, 0.2) is 0 Å². The Morgan fingerprint density at radius 3 is 2.62 bits per heavy atom. The van der Waals surface area contributed by atoms with Gasteiger partial charge in [-0.05, 0) is 42.3 Å². The first-order chi connectivity index (χ1) is 12.5. The molecule has 0 atom stereocenters. The minimum absolute atomic E-state index is 0.128. The molecular formula is C20H18N2O4. The van der Waals surface area contributed by atoms with Crippen molar-refractivity contribution in [2.24, 2.45) is 0 Å². The molecular weight excluding hydrogens is 332 g/mol. The van der Waals surface area contributed by atoms with Gasteiger partial charge in [-0.25, -0.2) is 4.79 Å². The third-order valence-corrected chi connectivity index (χ3v) is 4.17. The summed E-state index contributed by atoms with van der Waals surface area (Å²) in [6.07, 6.45) is 4.97. The first kappa shape index (κ1) is 17.4. The van der Waals surface area contributed by atoms with Crippen LogP contribution in [0.4, 0.5) is 0 Å². The molecule has 1 amide bonds. The zero-order chi connectivity index (χ0) is 18.7. The van der Waals surface area contributed by atoms with Crippen LogP contribution in [-0.2, 0) is 20.9 Å². The lowest BCUT2D eigenvalue weighted by Gasteiger charge is -2.17. The monoisotopic (exact) mass is 350 g/mol. The average Bonchev–Trinajstić information content (AvgIpc) is 2.88. The van der Waals surface area contributed by atoms with E-state index in [0.29, 0.717) is 17.8 Å². The Kier molecular flexibility index (Phi) is 4.84. The number of carbonyl (C=O) groups is 2. The molecule has 26 heavy (non-hydrogen) atoms. The summed E-state index contributed by atoms with van der Waals surface area (Å²) >= 11 is 0. The highest BCUT2D eigenvalue weighted by atomic mass is 16.5. The molecule has 0 fully saturated rings. The maximum Gasteiger partial charge on any atom is 0.340 e. The van der Waals surface area contributed by atoms with Gasteiger partial charge in [-0.2, -0.15) is 0 Å². The largest absolute Gasteiger partial charge is 0.508 e. The van der Waals surface area contributed by atoms with Gasteiger partial charge < -0.3 is 14.7 Å². The SMILES string of the molecule is COC(=O)C1=C(C)N(Cc2cccnc2)C(=O)/C1=C\c1ccc(O)cc1. The molecule has 0 saturated carbocycles. The fourth-order valence-electron chi connectivity index (χ4n) is 2.83. The number of phenols is 1. The average molecular weight is 350 g/mol. The van der Waals surface area contributed by atoms with Crippen molar-refractivity contribution in [3.63, 3.8) is 0 Å². The molecule has 0 saturated heterocycles. The van der Waals surface area contributed by atoms with E-state index in [1.165, 1.54) is 24.1 Å². The molecule has 0 unspecified atom stereocenters. The number of carbonyl (C=O) groups excluding carboxylic acids is 2. The van der Waals surface area contributed by atoms with Crippen LogP contribution in [-0.4, -0.2) is 34.0 Å². The summed E-state index contributed by atoms with van der Waals surface area (Å²) in [5.74, 6) is -0.711. The van der Waals surface area contributed by atoms with Crippen molar-refractivity contribution >= 4 is 18.0 Å². The van der Waals surface area contributed by atoms with E-state index in [0.717, 1.165) is 5.56 Å². The predicted octanol–water partition coefficient (Wildman–Crippen LogP) is 2.66. The molecule has 6 heteroatoms. The highest BCUT2D eigenvalue weighted by Gasteiger charge is 2.36. The minimum atomic E-state index is -0.561. The van der Waals surface area contributed by atoms with Crippen molar-refractivity contribution in [2.75, 3.05) is 7.11 Å². The summed E-state index contributed by atoms with van der Waals surface area (Å²) in [5, 5.41) is 9.41. The van der Waals surface area contributed by atoms with E-state index in [-0.39, 0.29) is 22.8 Å². The van der Waals surface area contributed by atoms with Gasteiger partial charge in [-0.1, -0.05) is 18.2 Å². The molecule has 0 spiro atoms. The fourth-order valence-corrected chi connectivity index (χ4v) is 2.83. The van der Waals surface area contributed by atoms with E-state index < -0.39 is 5.97 Å². The van der Waals surface area contributed by atoms with Crippen LogP contribution < -0.4 is 0 Å². The number of allylic oxidation sites excluding steroid dienone is 1. The van der Waals surface area contributed by atoms with Crippen LogP contribution in [0.3, 0.4) is 0 Å². The van der Waals surface area contributed by atoms with Crippen molar-refractivity contribution in [2.45, 2.75) is 13.5 Å². The first-order valence-corrected chi connectivity index (χ1v) is 8.02. The second-order valence-electron chi connectivity index (χ2n) is 5.85. The number of aromatic nitrogens is 1. The number of hydrogen-bond acceptors (Lipinski definition) is 5. The molecule has 1 aromatic heterocycles. The maximum absolute atomic E-state index is 13.0. The van der Waals surface area contributed by atoms with Crippen LogP contribution in [0.25, 0.3) is 6.08 Å². The van der Waals surface area contributed by atoms with Crippen LogP contribution in [0.2, 0.25) is 0 Å². The number of methoxy groups -OCH3 is 1. The van der Waals surface area contributed by atoms with Gasteiger partial charge in [0, 0.05) is 18.1 Å². The quantitative estimate of drug-likeness (QED) is 0.677. The predicted molar refractivity (Wildman–Crippen MR) is 95.6 cm³/mol. The highest BCUT2D eigenvalue weighted by molar-refractivity contribution is 6.16. The lowest BCUT2D eigenvalue weighted by Crippen LogP contribution is -2.24. The summed E-state index contributed by atoms with van der Waals surface area (Å²) in [6.45, 7) is 2.03. The number of phenolic OH excluding ortho intramolecular Hbond substituents is 1. The van der Waals surface area contributed by atoms with Gasteiger partial charge in [-0.15, -0.1) is 0 Å². The molecule has 2 aromatic rings. The second-order valence-corrected chi connectivity index (χ2v) is 5.85. The number of ether oxygens (including phenoxy) is 1. The van der Waals surface area contributed by atoms with Crippen molar-refractivity contribution in [1.29, 1.82) is 0 Å². The molecule has 1 aliphatic rings. The Bertz CT molecular complexity index is 899. The number of benzene rings is 1. The van der Waals surface area contributed by atoms with Gasteiger partial charge in [0.2, 0.25) is 0 Å². The van der Waals surface area contributed by atoms with Crippen LogP contribution in [0.5, 0.6) is 5.75 Å². The van der Waals surface area contributed by atoms with Gasteiger partial charge in [0.05, 0.1) is 24.8 Å². The van der Waals surface area contributed by atoms with E-state index >= 15 is 0 Å². The number of esters is 1. The number of hydrogen-bond donors (Lipinski definition) is 1. The van der Waals surface area contributed by atoms with Crippen molar-refractivity contribution in [1.82, 2.24) is 9.88 Å². The standard InChI is InChI=1S/C20H18N2O4/c1-13-18(20(25)26-2)17(10-14-5-7-16(23)8-6-14)19(24)22(13)12-15-4-3-9-21-11-15/h3-11,23H,12H2,1-2H3/b17-10-. The molecule has 1 N–H and O–H groups in total.